The van der Waals surface area contributed by atoms with Gasteiger partial charge >= 0.3 is 0 Å². The van der Waals surface area contributed by atoms with Crippen LogP contribution in [0.1, 0.15) is 17.5 Å². The van der Waals surface area contributed by atoms with Crippen molar-refractivity contribution in [2.24, 2.45) is 0 Å². The Balaban J connectivity index is 1.53. The molecule has 0 saturated carbocycles. The molecule has 0 spiro atoms. The number of sulfonamides is 1. The fourth-order valence-electron chi connectivity index (χ4n) is 3.37. The van der Waals surface area contributed by atoms with Gasteiger partial charge in [-0.2, -0.15) is 0 Å². The normalized spacial score (nSPS) is 14.5. The van der Waals surface area contributed by atoms with Crippen LogP contribution in [0.4, 0.5) is 8.78 Å². The molecule has 0 aliphatic carbocycles. The Kier molecular flexibility index (Phi) is 6.71. The highest BCUT2D eigenvalue weighted by molar-refractivity contribution is 7.89. The number of fused-ring (bicyclic) bond motifs is 1. The number of ether oxygens (including phenoxy) is 2. The van der Waals surface area contributed by atoms with Crippen LogP contribution >= 0.6 is 0 Å². The summed E-state index contributed by atoms with van der Waals surface area (Å²) in [4.78, 5) is 1.95. The fraction of sp³-hybridized carbons (Fsp3) is 0.400. The third kappa shape index (κ3) is 5.04. The highest BCUT2D eigenvalue weighted by atomic mass is 32.2. The van der Waals surface area contributed by atoms with Crippen LogP contribution in [0.3, 0.4) is 0 Å². The first kappa shape index (κ1) is 21.5. The molecule has 158 valence electrons. The number of halogens is 2. The summed E-state index contributed by atoms with van der Waals surface area (Å²) in [5.74, 6) is -0.866. The molecule has 0 fully saturated rings. The van der Waals surface area contributed by atoms with Crippen molar-refractivity contribution in [1.82, 2.24) is 9.62 Å². The summed E-state index contributed by atoms with van der Waals surface area (Å²) in [6.45, 7) is 2.51. The molecule has 0 radical (unpaired) electrons. The lowest BCUT2D eigenvalue weighted by atomic mass is 9.98. The molecule has 1 N–H and O–H groups in total. The largest absolute Gasteiger partial charge is 0.493 e. The van der Waals surface area contributed by atoms with Gasteiger partial charge in [-0.25, -0.2) is 21.9 Å². The lowest BCUT2D eigenvalue weighted by Gasteiger charge is -2.29. The molecule has 2 aromatic carbocycles. The van der Waals surface area contributed by atoms with Gasteiger partial charge in [0, 0.05) is 19.6 Å². The second kappa shape index (κ2) is 9.06. The average Bonchev–Trinajstić information content (AvgIpc) is 2.71. The van der Waals surface area contributed by atoms with Crippen LogP contribution in [0.15, 0.2) is 35.2 Å². The van der Waals surface area contributed by atoms with E-state index in [9.17, 15) is 17.2 Å². The monoisotopic (exact) mass is 426 g/mol. The summed E-state index contributed by atoms with van der Waals surface area (Å²) in [6, 6.07) is 6.51. The zero-order valence-corrected chi connectivity index (χ0v) is 17.2. The van der Waals surface area contributed by atoms with Gasteiger partial charge in [-0.05, 0) is 60.8 Å². The van der Waals surface area contributed by atoms with Crippen LogP contribution in [-0.4, -0.2) is 47.2 Å². The van der Waals surface area contributed by atoms with Crippen LogP contribution in [0.5, 0.6) is 11.5 Å². The molecule has 1 heterocycles. The van der Waals surface area contributed by atoms with Gasteiger partial charge in [-0.3, -0.25) is 4.90 Å². The maximum Gasteiger partial charge on any atom is 0.240 e. The van der Waals surface area contributed by atoms with Gasteiger partial charge in [0.05, 0.1) is 19.1 Å². The minimum absolute atomic E-state index is 0.205. The van der Waals surface area contributed by atoms with E-state index >= 15 is 0 Å². The molecule has 29 heavy (non-hydrogen) atoms. The molecule has 2 aromatic rings. The summed E-state index contributed by atoms with van der Waals surface area (Å²) >= 11 is 0. The van der Waals surface area contributed by atoms with Crippen molar-refractivity contribution in [3.63, 3.8) is 0 Å². The number of rotatable bonds is 8. The van der Waals surface area contributed by atoms with Crippen molar-refractivity contribution in [2.45, 2.75) is 24.3 Å². The van der Waals surface area contributed by atoms with Gasteiger partial charge in [0.15, 0.2) is 23.1 Å². The first-order valence-electron chi connectivity index (χ1n) is 9.25. The van der Waals surface area contributed by atoms with Crippen molar-refractivity contribution in [3.05, 3.63) is 53.1 Å². The molecule has 0 aromatic heterocycles. The van der Waals surface area contributed by atoms with Gasteiger partial charge in [-0.1, -0.05) is 0 Å². The number of benzene rings is 2. The van der Waals surface area contributed by atoms with E-state index in [2.05, 4.69) is 9.62 Å². The Hall–Kier alpha value is -2.23. The van der Waals surface area contributed by atoms with Crippen LogP contribution in [0.2, 0.25) is 0 Å². The number of nitrogens with zero attached hydrogens (tertiary/aromatic N) is 1. The first-order valence-corrected chi connectivity index (χ1v) is 10.7. The molecule has 0 saturated heterocycles. The third-order valence-corrected chi connectivity index (χ3v) is 6.40. The molecule has 0 atom stereocenters. The SMILES string of the molecule is COc1cc2c(cc1OC)CN(CCCNS(=O)(=O)c1ccc(F)c(F)c1)CC2. The van der Waals surface area contributed by atoms with E-state index in [1.165, 1.54) is 5.56 Å². The maximum absolute atomic E-state index is 13.3. The Bertz CT molecular complexity index is 983. The van der Waals surface area contributed by atoms with Crippen molar-refractivity contribution < 1.29 is 26.7 Å². The highest BCUT2D eigenvalue weighted by Gasteiger charge is 2.20. The molecular weight excluding hydrogens is 402 g/mol. The summed E-state index contributed by atoms with van der Waals surface area (Å²) in [6.07, 6.45) is 1.46. The molecule has 1 aliphatic rings. The quantitative estimate of drug-likeness (QED) is 0.658. The van der Waals surface area contributed by atoms with Gasteiger partial charge in [0.25, 0.3) is 0 Å². The minimum Gasteiger partial charge on any atom is -0.493 e. The zero-order valence-electron chi connectivity index (χ0n) is 16.4. The molecular formula is C20H24F2N2O4S. The molecule has 3 rings (SSSR count). The number of hydrogen-bond acceptors (Lipinski definition) is 5. The molecule has 0 bridgehead atoms. The van der Waals surface area contributed by atoms with E-state index in [0.29, 0.717) is 30.5 Å². The lowest BCUT2D eigenvalue weighted by Crippen LogP contribution is -2.33. The van der Waals surface area contributed by atoms with Crippen LogP contribution in [0.25, 0.3) is 0 Å². The molecule has 9 heteroatoms. The van der Waals surface area contributed by atoms with Crippen LogP contribution in [0, 0.1) is 11.6 Å². The molecule has 6 nitrogen and oxygen atoms in total. The molecule has 0 amide bonds. The summed E-state index contributed by atoms with van der Waals surface area (Å²) in [5, 5.41) is 0. The Morgan fingerprint density at radius 3 is 2.38 bits per heavy atom. The second-order valence-corrected chi connectivity index (χ2v) is 8.60. The number of nitrogens with one attached hydrogen (secondary N) is 1. The highest BCUT2D eigenvalue weighted by Crippen LogP contribution is 2.33. The van der Waals surface area contributed by atoms with Crippen LogP contribution in [-0.2, 0) is 23.0 Å². The van der Waals surface area contributed by atoms with Gasteiger partial charge < -0.3 is 9.47 Å². The van der Waals surface area contributed by atoms with Crippen LogP contribution < -0.4 is 14.2 Å². The van der Waals surface area contributed by atoms with Gasteiger partial charge in [0.2, 0.25) is 10.0 Å². The van der Waals surface area contributed by atoms with Crippen molar-refractivity contribution >= 4 is 10.0 Å². The Labute approximate surface area is 169 Å². The van der Waals surface area contributed by atoms with Gasteiger partial charge in [-0.15, -0.1) is 0 Å². The number of methoxy groups -OCH3 is 2. The Morgan fingerprint density at radius 1 is 1.03 bits per heavy atom. The van der Waals surface area contributed by atoms with E-state index in [1.807, 2.05) is 12.1 Å². The minimum atomic E-state index is -3.87. The predicted molar refractivity (Wildman–Crippen MR) is 105 cm³/mol. The van der Waals surface area contributed by atoms with E-state index in [1.54, 1.807) is 14.2 Å². The molecule has 1 aliphatic heterocycles. The topological polar surface area (TPSA) is 67.9 Å². The van der Waals surface area contributed by atoms with Crippen molar-refractivity contribution in [3.8, 4) is 11.5 Å². The van der Waals surface area contributed by atoms with E-state index in [0.717, 1.165) is 37.2 Å². The summed E-state index contributed by atoms with van der Waals surface area (Å²) in [5.41, 5.74) is 2.38. The predicted octanol–water partition coefficient (Wildman–Crippen LogP) is 2.71. The average molecular weight is 426 g/mol. The number of hydrogen-bond donors (Lipinski definition) is 1. The molecule has 0 unspecified atom stereocenters. The van der Waals surface area contributed by atoms with E-state index in [-0.39, 0.29) is 11.4 Å². The fourth-order valence-corrected chi connectivity index (χ4v) is 4.45. The Morgan fingerprint density at radius 2 is 1.72 bits per heavy atom. The first-order chi connectivity index (χ1) is 13.8. The van der Waals surface area contributed by atoms with Crippen molar-refractivity contribution in [2.75, 3.05) is 33.9 Å². The van der Waals surface area contributed by atoms with E-state index < -0.39 is 21.7 Å². The standard InChI is InChI=1S/C20H24F2N2O4S/c1-27-19-10-14-6-9-24(13-15(14)11-20(19)28-2)8-3-7-23-29(25,26)16-4-5-17(21)18(22)12-16/h4-5,10-12,23H,3,6-9,13H2,1-2H3. The van der Waals surface area contributed by atoms with E-state index in [4.69, 9.17) is 9.47 Å². The summed E-state index contributed by atoms with van der Waals surface area (Å²) < 4.78 is 63.8. The maximum atomic E-state index is 13.3. The lowest BCUT2D eigenvalue weighted by molar-refractivity contribution is 0.250. The van der Waals surface area contributed by atoms with Gasteiger partial charge in [0.1, 0.15) is 0 Å². The second-order valence-electron chi connectivity index (χ2n) is 6.83. The smallest absolute Gasteiger partial charge is 0.240 e. The third-order valence-electron chi connectivity index (χ3n) is 4.94. The zero-order chi connectivity index (χ0) is 21.0. The summed E-state index contributed by atoms with van der Waals surface area (Å²) in [7, 11) is -0.660. The van der Waals surface area contributed by atoms with Crippen molar-refractivity contribution in [1.29, 1.82) is 0 Å².